The van der Waals surface area contributed by atoms with Gasteiger partial charge in [-0.1, -0.05) is 18.2 Å². The van der Waals surface area contributed by atoms with E-state index >= 15 is 0 Å². The maximum atomic E-state index is 12.0. The van der Waals surface area contributed by atoms with E-state index in [0.717, 1.165) is 5.56 Å². The number of hydrogen-bond donors (Lipinski definition) is 2. The third kappa shape index (κ3) is 4.88. The first kappa shape index (κ1) is 16.6. The van der Waals surface area contributed by atoms with Gasteiger partial charge in [0.25, 0.3) is 0 Å². The molecule has 0 unspecified atom stereocenters. The van der Waals surface area contributed by atoms with E-state index < -0.39 is 5.97 Å². The molecule has 0 radical (unpaired) electrons. The molecule has 2 aromatic rings. The third-order valence-electron chi connectivity index (χ3n) is 3.02. The molecule has 0 aliphatic rings. The van der Waals surface area contributed by atoms with Crippen molar-refractivity contribution in [3.63, 3.8) is 0 Å². The van der Waals surface area contributed by atoms with E-state index in [-0.39, 0.29) is 30.7 Å². The number of carboxylic acids is 1. The van der Waals surface area contributed by atoms with Gasteiger partial charge in [0.05, 0.1) is 19.1 Å². The molecule has 0 spiro atoms. The van der Waals surface area contributed by atoms with Crippen molar-refractivity contribution < 1.29 is 23.8 Å². The standard InChI is InChI=1S/C17H19NO5/c1-11(2)22-14-6-4-3-5-12(14)9-16(19)18-10-13-7-8-15(23-13)17(20)21/h3-8,11H,9-10H2,1-2H3,(H,18,19)(H,20,21). The van der Waals surface area contributed by atoms with Crippen LogP contribution >= 0.6 is 0 Å². The summed E-state index contributed by atoms with van der Waals surface area (Å²) >= 11 is 0. The monoisotopic (exact) mass is 317 g/mol. The van der Waals surface area contributed by atoms with Gasteiger partial charge in [-0.25, -0.2) is 4.79 Å². The summed E-state index contributed by atoms with van der Waals surface area (Å²) < 4.78 is 10.8. The minimum absolute atomic E-state index is 0.0248. The first-order valence-electron chi connectivity index (χ1n) is 7.29. The molecule has 0 saturated heterocycles. The van der Waals surface area contributed by atoms with Crippen LogP contribution < -0.4 is 10.1 Å². The lowest BCUT2D eigenvalue weighted by atomic mass is 10.1. The number of carboxylic acid groups (broad SMARTS) is 1. The number of nitrogens with one attached hydrogen (secondary N) is 1. The van der Waals surface area contributed by atoms with Crippen LogP contribution in [0.4, 0.5) is 0 Å². The second-order valence-corrected chi connectivity index (χ2v) is 5.30. The Bertz CT molecular complexity index is 690. The molecule has 2 rings (SSSR count). The van der Waals surface area contributed by atoms with Crippen molar-refractivity contribution in [2.75, 3.05) is 0 Å². The topological polar surface area (TPSA) is 88.8 Å². The molecule has 0 fully saturated rings. The van der Waals surface area contributed by atoms with Gasteiger partial charge < -0.3 is 19.6 Å². The second kappa shape index (κ2) is 7.49. The number of carbonyl (C=O) groups excluding carboxylic acids is 1. The highest BCUT2D eigenvalue weighted by molar-refractivity contribution is 5.84. The number of aromatic carboxylic acids is 1. The Balaban J connectivity index is 1.93. The Kier molecular flexibility index (Phi) is 5.41. The summed E-state index contributed by atoms with van der Waals surface area (Å²) in [6, 6.07) is 10.3. The highest BCUT2D eigenvalue weighted by Gasteiger charge is 2.12. The molecule has 6 heteroatoms. The maximum Gasteiger partial charge on any atom is 0.371 e. The van der Waals surface area contributed by atoms with Gasteiger partial charge in [-0.15, -0.1) is 0 Å². The lowest BCUT2D eigenvalue weighted by molar-refractivity contribution is -0.120. The third-order valence-corrected chi connectivity index (χ3v) is 3.02. The number of carbonyl (C=O) groups is 2. The van der Waals surface area contributed by atoms with E-state index in [1.807, 2.05) is 38.1 Å². The van der Waals surface area contributed by atoms with Crippen LogP contribution in [-0.2, 0) is 17.8 Å². The zero-order valence-electron chi connectivity index (χ0n) is 13.0. The first-order valence-corrected chi connectivity index (χ1v) is 7.29. The van der Waals surface area contributed by atoms with Crippen molar-refractivity contribution in [2.45, 2.75) is 32.9 Å². The van der Waals surface area contributed by atoms with Crippen LogP contribution in [-0.4, -0.2) is 23.1 Å². The fraction of sp³-hybridized carbons (Fsp3) is 0.294. The van der Waals surface area contributed by atoms with Gasteiger partial charge in [-0.2, -0.15) is 0 Å². The van der Waals surface area contributed by atoms with Gasteiger partial charge in [0.15, 0.2) is 0 Å². The average molecular weight is 317 g/mol. The van der Waals surface area contributed by atoms with Crippen molar-refractivity contribution in [1.82, 2.24) is 5.32 Å². The molecule has 0 aliphatic carbocycles. The van der Waals surface area contributed by atoms with Crippen molar-refractivity contribution in [3.8, 4) is 5.75 Å². The van der Waals surface area contributed by atoms with Crippen LogP contribution in [0.25, 0.3) is 0 Å². The van der Waals surface area contributed by atoms with Gasteiger partial charge in [-0.3, -0.25) is 4.79 Å². The Hall–Kier alpha value is -2.76. The number of para-hydroxylation sites is 1. The van der Waals surface area contributed by atoms with Crippen molar-refractivity contribution in [3.05, 3.63) is 53.5 Å². The molecular formula is C17H19NO5. The number of hydrogen-bond acceptors (Lipinski definition) is 4. The van der Waals surface area contributed by atoms with Gasteiger partial charge in [0.1, 0.15) is 11.5 Å². The summed E-state index contributed by atoms with van der Waals surface area (Å²) in [5, 5.41) is 11.5. The molecular weight excluding hydrogens is 298 g/mol. The molecule has 1 heterocycles. The second-order valence-electron chi connectivity index (χ2n) is 5.30. The Morgan fingerprint density at radius 1 is 1.22 bits per heavy atom. The number of furan rings is 1. The van der Waals surface area contributed by atoms with E-state index in [0.29, 0.717) is 11.5 Å². The van der Waals surface area contributed by atoms with Crippen LogP contribution in [0.1, 0.15) is 35.7 Å². The normalized spacial score (nSPS) is 10.6. The van der Waals surface area contributed by atoms with E-state index in [2.05, 4.69) is 5.32 Å². The number of ether oxygens (including phenoxy) is 1. The predicted molar refractivity (Wildman–Crippen MR) is 83.4 cm³/mol. The minimum Gasteiger partial charge on any atom is -0.491 e. The molecule has 0 aliphatic heterocycles. The quantitative estimate of drug-likeness (QED) is 0.819. The summed E-state index contributed by atoms with van der Waals surface area (Å²) in [6.45, 7) is 3.99. The van der Waals surface area contributed by atoms with Crippen LogP contribution in [0.3, 0.4) is 0 Å². The van der Waals surface area contributed by atoms with Gasteiger partial charge in [0, 0.05) is 5.56 Å². The molecule has 2 N–H and O–H groups in total. The van der Waals surface area contributed by atoms with Crippen molar-refractivity contribution >= 4 is 11.9 Å². The fourth-order valence-electron chi connectivity index (χ4n) is 2.03. The Morgan fingerprint density at radius 3 is 2.61 bits per heavy atom. The van der Waals surface area contributed by atoms with Gasteiger partial charge >= 0.3 is 5.97 Å². The maximum absolute atomic E-state index is 12.0. The summed E-state index contributed by atoms with van der Waals surface area (Å²) in [5.74, 6) is -0.406. The van der Waals surface area contributed by atoms with Gasteiger partial charge in [0.2, 0.25) is 11.7 Å². The molecule has 122 valence electrons. The van der Waals surface area contributed by atoms with Crippen molar-refractivity contribution in [1.29, 1.82) is 0 Å². The van der Waals surface area contributed by atoms with E-state index in [4.69, 9.17) is 14.3 Å². The number of rotatable bonds is 7. The molecule has 0 bridgehead atoms. The lowest BCUT2D eigenvalue weighted by Crippen LogP contribution is -2.24. The van der Waals surface area contributed by atoms with E-state index in [1.165, 1.54) is 12.1 Å². The Morgan fingerprint density at radius 2 is 1.96 bits per heavy atom. The minimum atomic E-state index is -1.14. The highest BCUT2D eigenvalue weighted by atomic mass is 16.5. The first-order chi connectivity index (χ1) is 11.0. The predicted octanol–water partition coefficient (Wildman–Crippen LogP) is 2.62. The molecule has 6 nitrogen and oxygen atoms in total. The summed E-state index contributed by atoms with van der Waals surface area (Å²) in [7, 11) is 0. The zero-order valence-corrected chi connectivity index (χ0v) is 13.0. The average Bonchev–Trinajstić information content (AvgIpc) is 2.96. The van der Waals surface area contributed by atoms with Crippen LogP contribution in [0.2, 0.25) is 0 Å². The molecule has 1 amide bonds. The molecule has 1 aromatic heterocycles. The Labute approximate surface area is 134 Å². The fourth-order valence-corrected chi connectivity index (χ4v) is 2.03. The van der Waals surface area contributed by atoms with Crippen molar-refractivity contribution in [2.24, 2.45) is 0 Å². The molecule has 0 atom stereocenters. The largest absolute Gasteiger partial charge is 0.491 e. The lowest BCUT2D eigenvalue weighted by Gasteiger charge is -2.14. The highest BCUT2D eigenvalue weighted by Crippen LogP contribution is 2.20. The summed E-state index contributed by atoms with van der Waals surface area (Å²) in [5.41, 5.74) is 0.796. The van der Waals surface area contributed by atoms with Crippen LogP contribution in [0, 0.1) is 0 Å². The number of benzene rings is 1. The SMILES string of the molecule is CC(C)Oc1ccccc1CC(=O)NCc1ccc(C(=O)O)o1. The van der Waals surface area contributed by atoms with Crippen LogP contribution in [0.5, 0.6) is 5.75 Å². The van der Waals surface area contributed by atoms with Crippen LogP contribution in [0.15, 0.2) is 40.8 Å². The van der Waals surface area contributed by atoms with Gasteiger partial charge in [-0.05, 0) is 32.0 Å². The molecule has 1 aromatic carbocycles. The molecule has 0 saturated carbocycles. The summed E-state index contributed by atoms with van der Waals surface area (Å²) in [4.78, 5) is 22.8. The summed E-state index contributed by atoms with van der Waals surface area (Å²) in [6.07, 6.45) is 0.201. The smallest absolute Gasteiger partial charge is 0.371 e. The zero-order chi connectivity index (χ0) is 16.8. The van der Waals surface area contributed by atoms with E-state index in [1.54, 1.807) is 0 Å². The molecule has 23 heavy (non-hydrogen) atoms. The number of amides is 1. The van der Waals surface area contributed by atoms with E-state index in [9.17, 15) is 9.59 Å².